The van der Waals surface area contributed by atoms with Crippen LogP contribution in [0.1, 0.15) is 0 Å². The molecule has 1 aromatic heterocycles. The SMILES string of the molecule is O=c1sc2ccccc2n1CCOC(=S)S. The molecule has 0 amide bonds. The van der Waals surface area contributed by atoms with E-state index in [-0.39, 0.29) is 9.26 Å². The van der Waals surface area contributed by atoms with Crippen LogP contribution in [0.15, 0.2) is 29.1 Å². The minimum absolute atomic E-state index is 0.0230. The third-order valence-electron chi connectivity index (χ3n) is 2.11. The fraction of sp³-hybridized carbons (Fsp3) is 0.200. The molecule has 2 aromatic rings. The molecule has 0 radical (unpaired) electrons. The molecule has 0 aliphatic heterocycles. The van der Waals surface area contributed by atoms with Crippen molar-refractivity contribution in [3.63, 3.8) is 0 Å². The number of ether oxygens (including phenoxy) is 1. The molecule has 0 unspecified atom stereocenters. The number of thiol groups is 1. The van der Waals surface area contributed by atoms with Crippen molar-refractivity contribution in [2.45, 2.75) is 6.54 Å². The quantitative estimate of drug-likeness (QED) is 0.686. The predicted molar refractivity (Wildman–Crippen MR) is 73.6 cm³/mol. The van der Waals surface area contributed by atoms with Crippen molar-refractivity contribution < 1.29 is 4.74 Å². The van der Waals surface area contributed by atoms with Crippen LogP contribution in [0.4, 0.5) is 0 Å². The number of rotatable bonds is 3. The lowest BCUT2D eigenvalue weighted by Crippen LogP contribution is -2.16. The van der Waals surface area contributed by atoms with Crippen LogP contribution in [0.3, 0.4) is 0 Å². The number of aromatic nitrogens is 1. The largest absolute Gasteiger partial charge is 0.477 e. The number of fused-ring (bicyclic) bond motifs is 1. The second-order valence-corrected chi connectivity index (χ2v) is 5.17. The van der Waals surface area contributed by atoms with Gasteiger partial charge in [0.15, 0.2) is 0 Å². The van der Waals surface area contributed by atoms with Crippen molar-refractivity contribution in [3.05, 3.63) is 33.9 Å². The van der Waals surface area contributed by atoms with Gasteiger partial charge in [-0.2, -0.15) is 0 Å². The van der Waals surface area contributed by atoms with Crippen molar-refractivity contribution in [1.82, 2.24) is 4.57 Å². The van der Waals surface area contributed by atoms with Gasteiger partial charge in [-0.25, -0.2) is 0 Å². The van der Waals surface area contributed by atoms with Crippen molar-refractivity contribution in [2.75, 3.05) is 6.61 Å². The van der Waals surface area contributed by atoms with Crippen LogP contribution in [0, 0.1) is 0 Å². The molecule has 0 saturated heterocycles. The molecule has 1 aromatic carbocycles. The number of thiocarbonyl (C=S) groups is 1. The van der Waals surface area contributed by atoms with Gasteiger partial charge >= 0.3 is 4.87 Å². The highest BCUT2D eigenvalue weighted by Crippen LogP contribution is 2.16. The highest BCUT2D eigenvalue weighted by atomic mass is 32.1. The van der Waals surface area contributed by atoms with Gasteiger partial charge in [0.1, 0.15) is 6.61 Å². The van der Waals surface area contributed by atoms with Crippen LogP contribution in [0.2, 0.25) is 0 Å². The van der Waals surface area contributed by atoms with E-state index in [2.05, 4.69) is 24.8 Å². The van der Waals surface area contributed by atoms with E-state index in [1.54, 1.807) is 4.57 Å². The lowest BCUT2D eigenvalue weighted by molar-refractivity contribution is 0.303. The average Bonchev–Trinajstić information content (AvgIpc) is 2.55. The molecule has 16 heavy (non-hydrogen) atoms. The van der Waals surface area contributed by atoms with Gasteiger partial charge in [-0.1, -0.05) is 36.1 Å². The van der Waals surface area contributed by atoms with Gasteiger partial charge < -0.3 is 4.74 Å². The molecular weight excluding hydrogens is 262 g/mol. The zero-order valence-corrected chi connectivity index (χ0v) is 10.8. The van der Waals surface area contributed by atoms with Crippen molar-refractivity contribution in [1.29, 1.82) is 0 Å². The fourth-order valence-electron chi connectivity index (χ4n) is 1.45. The van der Waals surface area contributed by atoms with E-state index in [1.165, 1.54) is 11.3 Å². The number of para-hydroxylation sites is 1. The van der Waals surface area contributed by atoms with Crippen molar-refractivity contribution in [3.8, 4) is 0 Å². The molecule has 0 bridgehead atoms. The van der Waals surface area contributed by atoms with E-state index in [1.807, 2.05) is 24.3 Å². The molecule has 2 rings (SSSR count). The van der Waals surface area contributed by atoms with Gasteiger partial charge in [-0.15, -0.1) is 0 Å². The van der Waals surface area contributed by atoms with Crippen LogP contribution < -0.4 is 4.87 Å². The molecule has 3 nitrogen and oxygen atoms in total. The normalized spacial score (nSPS) is 10.6. The van der Waals surface area contributed by atoms with Gasteiger partial charge in [0, 0.05) is 0 Å². The fourth-order valence-corrected chi connectivity index (χ4v) is 2.54. The first-order valence-electron chi connectivity index (χ1n) is 4.62. The lowest BCUT2D eigenvalue weighted by Gasteiger charge is -2.04. The highest BCUT2D eigenvalue weighted by Gasteiger charge is 2.06. The third-order valence-corrected chi connectivity index (χ3v) is 3.32. The zero-order chi connectivity index (χ0) is 11.5. The average molecular weight is 271 g/mol. The monoisotopic (exact) mass is 271 g/mol. The van der Waals surface area contributed by atoms with Gasteiger partial charge in [-0.3, -0.25) is 9.36 Å². The first kappa shape index (κ1) is 11.6. The molecule has 0 spiro atoms. The van der Waals surface area contributed by atoms with Crippen LogP contribution in [0.25, 0.3) is 10.2 Å². The summed E-state index contributed by atoms with van der Waals surface area (Å²) in [5.41, 5.74) is 0.936. The topological polar surface area (TPSA) is 31.2 Å². The van der Waals surface area contributed by atoms with Gasteiger partial charge in [0.25, 0.3) is 0 Å². The summed E-state index contributed by atoms with van der Waals surface area (Å²) in [6, 6.07) is 7.69. The maximum Gasteiger partial charge on any atom is 0.308 e. The van der Waals surface area contributed by atoms with Crippen LogP contribution in [-0.4, -0.2) is 15.6 Å². The number of thiazole rings is 1. The van der Waals surface area contributed by atoms with Crippen molar-refractivity contribution in [2.24, 2.45) is 0 Å². The molecule has 0 saturated carbocycles. The summed E-state index contributed by atoms with van der Waals surface area (Å²) >= 11 is 9.77. The van der Waals surface area contributed by atoms with E-state index in [0.717, 1.165) is 10.2 Å². The molecule has 0 N–H and O–H groups in total. The summed E-state index contributed by atoms with van der Waals surface area (Å²) in [5, 5.41) is 0. The Morgan fingerprint density at radius 3 is 3.00 bits per heavy atom. The molecule has 1 heterocycles. The van der Waals surface area contributed by atoms with E-state index in [4.69, 9.17) is 4.74 Å². The number of hydrogen-bond acceptors (Lipinski definition) is 4. The summed E-state index contributed by atoms with van der Waals surface area (Å²) < 4.78 is 7.93. The van der Waals surface area contributed by atoms with Crippen LogP contribution in [0.5, 0.6) is 0 Å². The van der Waals surface area contributed by atoms with Crippen molar-refractivity contribution >= 4 is 50.8 Å². The Labute approximate surface area is 107 Å². The Morgan fingerprint density at radius 2 is 2.25 bits per heavy atom. The lowest BCUT2D eigenvalue weighted by atomic mass is 10.3. The summed E-state index contributed by atoms with van der Waals surface area (Å²) in [6.07, 6.45) is 0. The maximum atomic E-state index is 11.7. The molecule has 84 valence electrons. The minimum Gasteiger partial charge on any atom is -0.477 e. The highest BCUT2D eigenvalue weighted by molar-refractivity contribution is 8.10. The summed E-state index contributed by atoms with van der Waals surface area (Å²) in [4.78, 5) is 11.7. The number of hydrogen-bond donors (Lipinski definition) is 1. The van der Waals surface area contributed by atoms with E-state index in [9.17, 15) is 4.79 Å². The molecule has 0 atom stereocenters. The second-order valence-electron chi connectivity index (χ2n) is 3.10. The first-order valence-corrected chi connectivity index (χ1v) is 6.30. The number of benzene rings is 1. The first-order chi connectivity index (χ1) is 7.68. The van der Waals surface area contributed by atoms with Crippen LogP contribution >= 0.6 is 36.2 Å². The van der Waals surface area contributed by atoms with Gasteiger partial charge in [-0.05, 0) is 24.4 Å². The molecule has 0 fully saturated rings. The zero-order valence-electron chi connectivity index (χ0n) is 8.25. The predicted octanol–water partition coefficient (Wildman–Crippen LogP) is 2.29. The maximum absolute atomic E-state index is 11.7. The van der Waals surface area contributed by atoms with E-state index < -0.39 is 0 Å². The second kappa shape index (κ2) is 4.99. The Kier molecular flexibility index (Phi) is 3.63. The van der Waals surface area contributed by atoms with E-state index in [0.29, 0.717) is 13.2 Å². The van der Waals surface area contributed by atoms with E-state index >= 15 is 0 Å². The Hall–Kier alpha value is -0.850. The Balaban J connectivity index is 2.26. The molecule has 6 heteroatoms. The Morgan fingerprint density at radius 1 is 1.50 bits per heavy atom. The molecule has 0 aliphatic carbocycles. The summed E-state index contributed by atoms with van der Waals surface area (Å²) in [7, 11) is 0. The smallest absolute Gasteiger partial charge is 0.308 e. The summed E-state index contributed by atoms with van der Waals surface area (Å²) in [6.45, 7) is 0.854. The molecule has 0 aliphatic rings. The molecular formula is C10H9NO2S3. The standard InChI is InChI=1S/C10H9NO2S3/c12-9-11(5-6-13-10(14)15)7-3-1-2-4-8(7)16-9/h1-4H,5-6H2,(H,14,15). The van der Waals surface area contributed by atoms with Crippen LogP contribution in [-0.2, 0) is 11.3 Å². The van der Waals surface area contributed by atoms with Gasteiger partial charge in [0.2, 0.25) is 4.38 Å². The number of nitrogens with zero attached hydrogens (tertiary/aromatic N) is 1. The third kappa shape index (κ3) is 2.45. The summed E-state index contributed by atoms with van der Waals surface area (Å²) in [5.74, 6) is 0. The van der Waals surface area contributed by atoms with Gasteiger partial charge in [0.05, 0.1) is 16.8 Å². The minimum atomic E-state index is 0.0230. The Bertz CT molecular complexity index is 573.